The third-order valence-electron chi connectivity index (χ3n) is 3.82. The molecule has 3 nitrogen and oxygen atoms in total. The Kier molecular flexibility index (Phi) is 6.58. The molecule has 0 aromatic heterocycles. The Labute approximate surface area is 149 Å². The third-order valence-corrected chi connectivity index (χ3v) is 3.82. The van der Waals surface area contributed by atoms with E-state index in [1.54, 1.807) is 26.4 Å². The number of allylic oxidation sites excluding steroid dienone is 3. The third kappa shape index (κ3) is 5.08. The van der Waals surface area contributed by atoms with Gasteiger partial charge in [0.1, 0.15) is 11.5 Å². The van der Waals surface area contributed by atoms with Crippen molar-refractivity contribution in [2.45, 2.75) is 20.3 Å². The van der Waals surface area contributed by atoms with Crippen LogP contribution < -0.4 is 9.47 Å². The lowest BCUT2D eigenvalue weighted by Gasteiger charge is -2.13. The molecule has 0 spiro atoms. The standard InChI is InChI=1S/C22H24O3/c1-16(2)10-12-18-14-19(22(25-4)15-21(18)24-3)20(23)13-11-17-8-6-5-7-9-17/h5-11,13-15H,12H2,1-4H3/b13-11+. The van der Waals surface area contributed by atoms with E-state index in [2.05, 4.69) is 6.08 Å². The van der Waals surface area contributed by atoms with E-state index in [0.29, 0.717) is 17.7 Å². The predicted octanol–water partition coefficient (Wildman–Crippen LogP) is 5.11. The smallest absolute Gasteiger partial charge is 0.189 e. The molecule has 0 saturated carbocycles. The first-order valence-corrected chi connectivity index (χ1v) is 8.21. The van der Waals surface area contributed by atoms with E-state index in [9.17, 15) is 4.79 Å². The fourth-order valence-corrected chi connectivity index (χ4v) is 2.46. The molecule has 2 rings (SSSR count). The van der Waals surface area contributed by atoms with Crippen molar-refractivity contribution in [2.24, 2.45) is 0 Å². The van der Waals surface area contributed by atoms with Crippen LogP contribution in [0.2, 0.25) is 0 Å². The summed E-state index contributed by atoms with van der Waals surface area (Å²) in [5.41, 5.74) is 3.69. The fourth-order valence-electron chi connectivity index (χ4n) is 2.46. The monoisotopic (exact) mass is 336 g/mol. The molecule has 0 heterocycles. The van der Waals surface area contributed by atoms with E-state index >= 15 is 0 Å². The van der Waals surface area contributed by atoms with Crippen LogP contribution in [-0.2, 0) is 6.42 Å². The molecule has 0 aliphatic carbocycles. The van der Waals surface area contributed by atoms with E-state index in [1.807, 2.05) is 56.3 Å². The molecule has 2 aromatic rings. The summed E-state index contributed by atoms with van der Waals surface area (Å²) in [5.74, 6) is 1.14. The average molecular weight is 336 g/mol. The largest absolute Gasteiger partial charge is 0.496 e. The van der Waals surface area contributed by atoms with Crippen molar-refractivity contribution in [2.75, 3.05) is 14.2 Å². The molecule has 0 N–H and O–H groups in total. The maximum Gasteiger partial charge on any atom is 0.189 e. The number of carbonyl (C=O) groups is 1. The normalized spacial score (nSPS) is 10.6. The van der Waals surface area contributed by atoms with Crippen LogP contribution in [0.3, 0.4) is 0 Å². The molecule has 0 unspecified atom stereocenters. The first-order valence-electron chi connectivity index (χ1n) is 8.21. The van der Waals surface area contributed by atoms with E-state index < -0.39 is 0 Å². The molecule has 0 fully saturated rings. The van der Waals surface area contributed by atoms with Gasteiger partial charge in [-0.15, -0.1) is 0 Å². The van der Waals surface area contributed by atoms with Crippen LogP contribution in [0, 0.1) is 0 Å². The van der Waals surface area contributed by atoms with Gasteiger partial charge in [-0.05, 0) is 43.5 Å². The number of ketones is 1. The Bertz CT molecular complexity index is 782. The molecule has 0 saturated heterocycles. The van der Waals surface area contributed by atoms with Gasteiger partial charge in [0.25, 0.3) is 0 Å². The van der Waals surface area contributed by atoms with Crippen molar-refractivity contribution in [3.8, 4) is 11.5 Å². The number of carbonyl (C=O) groups excluding carboxylic acids is 1. The number of benzene rings is 2. The summed E-state index contributed by atoms with van der Waals surface area (Å²) in [6, 6.07) is 13.4. The van der Waals surface area contributed by atoms with Crippen LogP contribution in [-0.4, -0.2) is 20.0 Å². The average Bonchev–Trinajstić information content (AvgIpc) is 2.64. The van der Waals surface area contributed by atoms with Crippen molar-refractivity contribution in [3.63, 3.8) is 0 Å². The Morgan fingerprint density at radius 2 is 1.68 bits per heavy atom. The fraction of sp³-hybridized carbons (Fsp3) is 0.227. The summed E-state index contributed by atoms with van der Waals surface area (Å²) in [7, 11) is 3.18. The van der Waals surface area contributed by atoms with Gasteiger partial charge in [-0.3, -0.25) is 4.79 Å². The minimum absolute atomic E-state index is 0.0955. The minimum Gasteiger partial charge on any atom is -0.496 e. The van der Waals surface area contributed by atoms with Crippen LogP contribution in [0.4, 0.5) is 0 Å². The SMILES string of the molecule is COc1cc(OC)c(C(=O)/C=C/c2ccccc2)cc1CC=C(C)C. The van der Waals surface area contributed by atoms with Crippen LogP contribution in [0.1, 0.15) is 35.3 Å². The second-order valence-electron chi connectivity index (χ2n) is 5.96. The molecule has 130 valence electrons. The van der Waals surface area contributed by atoms with Gasteiger partial charge < -0.3 is 9.47 Å². The van der Waals surface area contributed by atoms with Gasteiger partial charge in [0, 0.05) is 6.07 Å². The van der Waals surface area contributed by atoms with Crippen molar-refractivity contribution >= 4 is 11.9 Å². The summed E-state index contributed by atoms with van der Waals surface area (Å²) < 4.78 is 10.8. The summed E-state index contributed by atoms with van der Waals surface area (Å²) in [6.07, 6.45) is 6.20. The van der Waals surface area contributed by atoms with Crippen molar-refractivity contribution in [1.82, 2.24) is 0 Å². The van der Waals surface area contributed by atoms with Crippen LogP contribution in [0.25, 0.3) is 6.08 Å². The van der Waals surface area contributed by atoms with Gasteiger partial charge in [0.2, 0.25) is 0 Å². The number of ether oxygens (including phenoxy) is 2. The molecule has 0 bridgehead atoms. The lowest BCUT2D eigenvalue weighted by atomic mass is 10.0. The van der Waals surface area contributed by atoms with Crippen molar-refractivity contribution < 1.29 is 14.3 Å². The predicted molar refractivity (Wildman–Crippen MR) is 102 cm³/mol. The lowest BCUT2D eigenvalue weighted by molar-refractivity contribution is 0.104. The summed E-state index contributed by atoms with van der Waals surface area (Å²) in [6.45, 7) is 4.09. The second kappa shape index (κ2) is 8.88. The maximum atomic E-state index is 12.7. The highest BCUT2D eigenvalue weighted by Gasteiger charge is 2.15. The number of rotatable bonds is 7. The van der Waals surface area contributed by atoms with Crippen molar-refractivity contribution in [3.05, 3.63) is 76.9 Å². The van der Waals surface area contributed by atoms with Crippen LogP contribution in [0.15, 0.2) is 60.2 Å². The first kappa shape index (κ1) is 18.5. The highest BCUT2D eigenvalue weighted by molar-refractivity contribution is 6.09. The van der Waals surface area contributed by atoms with Gasteiger partial charge in [-0.1, -0.05) is 48.1 Å². The summed E-state index contributed by atoms with van der Waals surface area (Å²) in [5, 5.41) is 0. The Morgan fingerprint density at radius 1 is 1.00 bits per heavy atom. The molecule has 0 atom stereocenters. The van der Waals surface area contributed by atoms with E-state index in [4.69, 9.17) is 9.47 Å². The Balaban J connectivity index is 2.37. The lowest BCUT2D eigenvalue weighted by Crippen LogP contribution is -2.02. The second-order valence-corrected chi connectivity index (χ2v) is 5.96. The number of methoxy groups -OCH3 is 2. The molecule has 3 heteroatoms. The molecular weight excluding hydrogens is 312 g/mol. The van der Waals surface area contributed by atoms with Crippen LogP contribution >= 0.6 is 0 Å². The Hall–Kier alpha value is -2.81. The number of hydrogen-bond acceptors (Lipinski definition) is 3. The van der Waals surface area contributed by atoms with E-state index in [0.717, 1.165) is 16.9 Å². The summed E-state index contributed by atoms with van der Waals surface area (Å²) >= 11 is 0. The quantitative estimate of drug-likeness (QED) is 0.400. The molecule has 0 amide bonds. The van der Waals surface area contributed by atoms with Gasteiger partial charge in [0.05, 0.1) is 19.8 Å². The molecular formula is C22H24O3. The molecule has 25 heavy (non-hydrogen) atoms. The first-order chi connectivity index (χ1) is 12.0. The zero-order chi connectivity index (χ0) is 18.2. The zero-order valence-corrected chi connectivity index (χ0v) is 15.2. The molecule has 0 aliphatic heterocycles. The minimum atomic E-state index is -0.0955. The topological polar surface area (TPSA) is 35.5 Å². The van der Waals surface area contributed by atoms with E-state index in [-0.39, 0.29) is 5.78 Å². The summed E-state index contributed by atoms with van der Waals surface area (Å²) in [4.78, 5) is 12.7. The Morgan fingerprint density at radius 3 is 2.28 bits per heavy atom. The van der Waals surface area contributed by atoms with E-state index in [1.165, 1.54) is 5.57 Å². The molecule has 0 radical (unpaired) electrons. The molecule has 2 aromatic carbocycles. The highest BCUT2D eigenvalue weighted by Crippen LogP contribution is 2.30. The maximum absolute atomic E-state index is 12.7. The van der Waals surface area contributed by atoms with Crippen molar-refractivity contribution in [1.29, 1.82) is 0 Å². The van der Waals surface area contributed by atoms with Crippen LogP contribution in [0.5, 0.6) is 11.5 Å². The van der Waals surface area contributed by atoms with Gasteiger partial charge >= 0.3 is 0 Å². The highest BCUT2D eigenvalue weighted by atomic mass is 16.5. The number of hydrogen-bond donors (Lipinski definition) is 0. The van der Waals surface area contributed by atoms with Gasteiger partial charge in [-0.2, -0.15) is 0 Å². The van der Waals surface area contributed by atoms with Gasteiger partial charge in [0.15, 0.2) is 5.78 Å². The molecule has 0 aliphatic rings. The zero-order valence-electron chi connectivity index (χ0n) is 15.2. The van der Waals surface area contributed by atoms with Gasteiger partial charge in [-0.25, -0.2) is 0 Å².